The number of nitrogens with one attached hydrogen (secondary N) is 1. The maximum atomic E-state index is 14.1. The number of ether oxygens (including phenoxy) is 2. The van der Waals surface area contributed by atoms with Gasteiger partial charge in [0.15, 0.2) is 17.3 Å². The zero-order valence-corrected chi connectivity index (χ0v) is 17.8. The molecule has 0 saturated heterocycles. The third-order valence-corrected chi connectivity index (χ3v) is 4.75. The fraction of sp³-hybridized carbons (Fsp3) is 0.273. The standard InChI is InChI=1S/C22H23ClFN3O3/c1-4-29-19-10-9-15(12-20(19)30-5-2)22(28)25-21-11-14(3)27(26-21)13-16-17(23)7-6-8-18(16)24/h6-12H,4-5,13H2,1-3H3,(H,25,26,28). The number of anilines is 1. The lowest BCUT2D eigenvalue weighted by Crippen LogP contribution is -2.13. The number of halogens is 2. The van der Waals surface area contributed by atoms with Crippen LogP contribution in [0.25, 0.3) is 0 Å². The molecule has 1 N–H and O–H groups in total. The number of hydrogen-bond acceptors (Lipinski definition) is 4. The summed E-state index contributed by atoms with van der Waals surface area (Å²) in [6.07, 6.45) is 0. The highest BCUT2D eigenvalue weighted by atomic mass is 35.5. The first-order chi connectivity index (χ1) is 14.4. The number of hydrogen-bond donors (Lipinski definition) is 1. The predicted octanol–water partition coefficient (Wildman–Crippen LogP) is 5.08. The second-order valence-corrected chi connectivity index (χ2v) is 6.92. The average Bonchev–Trinajstić information content (AvgIpc) is 3.05. The van der Waals surface area contributed by atoms with Crippen LogP contribution in [0.5, 0.6) is 11.5 Å². The van der Waals surface area contributed by atoms with Crippen molar-refractivity contribution >= 4 is 23.3 Å². The van der Waals surface area contributed by atoms with E-state index in [1.807, 2.05) is 20.8 Å². The Labute approximate surface area is 179 Å². The molecule has 1 aromatic heterocycles. The van der Waals surface area contributed by atoms with E-state index in [1.54, 1.807) is 41.1 Å². The van der Waals surface area contributed by atoms with E-state index >= 15 is 0 Å². The SMILES string of the molecule is CCOc1ccc(C(=O)Nc2cc(C)n(Cc3c(F)cccc3Cl)n2)cc1OCC. The van der Waals surface area contributed by atoms with Crippen LogP contribution in [0.1, 0.15) is 35.5 Å². The van der Waals surface area contributed by atoms with Crippen molar-refractivity contribution in [1.82, 2.24) is 9.78 Å². The van der Waals surface area contributed by atoms with Gasteiger partial charge in [0.1, 0.15) is 5.82 Å². The van der Waals surface area contributed by atoms with Crippen molar-refractivity contribution in [3.8, 4) is 11.5 Å². The first-order valence-electron chi connectivity index (χ1n) is 9.61. The maximum absolute atomic E-state index is 14.1. The first-order valence-corrected chi connectivity index (χ1v) is 9.99. The van der Waals surface area contributed by atoms with Crippen LogP contribution in [0.2, 0.25) is 5.02 Å². The van der Waals surface area contributed by atoms with E-state index in [9.17, 15) is 9.18 Å². The molecule has 0 aliphatic rings. The molecule has 3 aromatic rings. The summed E-state index contributed by atoms with van der Waals surface area (Å²) in [6.45, 7) is 6.66. The molecular weight excluding hydrogens is 409 g/mol. The largest absolute Gasteiger partial charge is 0.490 e. The van der Waals surface area contributed by atoms with E-state index in [1.165, 1.54) is 6.07 Å². The minimum absolute atomic E-state index is 0.157. The molecule has 0 radical (unpaired) electrons. The summed E-state index contributed by atoms with van der Waals surface area (Å²) in [7, 11) is 0. The van der Waals surface area contributed by atoms with Gasteiger partial charge in [-0.25, -0.2) is 4.39 Å². The van der Waals surface area contributed by atoms with Gasteiger partial charge < -0.3 is 14.8 Å². The van der Waals surface area contributed by atoms with Gasteiger partial charge in [-0.2, -0.15) is 5.10 Å². The highest BCUT2D eigenvalue weighted by molar-refractivity contribution is 6.31. The second kappa shape index (κ2) is 9.63. The molecule has 1 amide bonds. The lowest BCUT2D eigenvalue weighted by atomic mass is 10.2. The minimum atomic E-state index is -0.402. The van der Waals surface area contributed by atoms with Crippen molar-refractivity contribution in [3.63, 3.8) is 0 Å². The van der Waals surface area contributed by atoms with Crippen LogP contribution in [0.3, 0.4) is 0 Å². The Balaban J connectivity index is 1.78. The predicted molar refractivity (Wildman–Crippen MR) is 114 cm³/mol. The number of aryl methyl sites for hydroxylation is 1. The van der Waals surface area contributed by atoms with Crippen LogP contribution in [0, 0.1) is 12.7 Å². The van der Waals surface area contributed by atoms with Gasteiger partial charge in [0.25, 0.3) is 5.91 Å². The number of carbonyl (C=O) groups is 1. The number of nitrogens with zero attached hydrogens (tertiary/aromatic N) is 2. The van der Waals surface area contributed by atoms with Gasteiger partial charge in [-0.1, -0.05) is 17.7 Å². The van der Waals surface area contributed by atoms with Gasteiger partial charge in [0.05, 0.1) is 19.8 Å². The van der Waals surface area contributed by atoms with Crippen LogP contribution < -0.4 is 14.8 Å². The number of benzene rings is 2. The molecule has 8 heteroatoms. The van der Waals surface area contributed by atoms with E-state index in [0.717, 1.165) is 5.69 Å². The third kappa shape index (κ3) is 4.91. The third-order valence-electron chi connectivity index (χ3n) is 4.40. The molecule has 0 aliphatic heterocycles. The molecule has 1 heterocycles. The molecule has 6 nitrogen and oxygen atoms in total. The van der Waals surface area contributed by atoms with Gasteiger partial charge in [0.2, 0.25) is 0 Å². The highest BCUT2D eigenvalue weighted by Crippen LogP contribution is 2.29. The quantitative estimate of drug-likeness (QED) is 0.540. The van der Waals surface area contributed by atoms with Crippen LogP contribution in [0.15, 0.2) is 42.5 Å². The van der Waals surface area contributed by atoms with Crippen LogP contribution in [-0.2, 0) is 6.54 Å². The lowest BCUT2D eigenvalue weighted by Gasteiger charge is -2.12. The summed E-state index contributed by atoms with van der Waals surface area (Å²) in [5.41, 5.74) is 1.51. The summed E-state index contributed by atoms with van der Waals surface area (Å²) in [5, 5.41) is 7.45. The lowest BCUT2D eigenvalue weighted by molar-refractivity contribution is 0.102. The van der Waals surface area contributed by atoms with Crippen molar-refractivity contribution in [2.24, 2.45) is 0 Å². The molecule has 0 atom stereocenters. The van der Waals surface area contributed by atoms with Gasteiger partial charge in [0, 0.05) is 27.9 Å². The summed E-state index contributed by atoms with van der Waals surface area (Å²) in [4.78, 5) is 12.7. The molecular formula is C22H23ClFN3O3. The molecule has 158 valence electrons. The van der Waals surface area contributed by atoms with Crippen LogP contribution in [0.4, 0.5) is 10.2 Å². The molecule has 2 aromatic carbocycles. The maximum Gasteiger partial charge on any atom is 0.257 e. The normalized spacial score (nSPS) is 10.7. The van der Waals surface area contributed by atoms with E-state index in [2.05, 4.69) is 10.4 Å². The number of amides is 1. The van der Waals surface area contributed by atoms with Crippen molar-refractivity contribution in [2.45, 2.75) is 27.3 Å². The Kier molecular flexibility index (Phi) is 6.95. The molecule has 0 spiro atoms. The molecule has 0 fully saturated rings. The summed E-state index contributed by atoms with van der Waals surface area (Å²) < 4.78 is 26.8. The monoisotopic (exact) mass is 431 g/mol. The minimum Gasteiger partial charge on any atom is -0.490 e. The van der Waals surface area contributed by atoms with Gasteiger partial charge in [-0.05, 0) is 51.1 Å². The molecule has 30 heavy (non-hydrogen) atoms. The zero-order valence-electron chi connectivity index (χ0n) is 17.0. The smallest absolute Gasteiger partial charge is 0.257 e. The van der Waals surface area contributed by atoms with Crippen LogP contribution >= 0.6 is 11.6 Å². The van der Waals surface area contributed by atoms with Crippen LogP contribution in [-0.4, -0.2) is 28.9 Å². The van der Waals surface area contributed by atoms with Gasteiger partial charge in [-0.3, -0.25) is 9.48 Å². The van der Waals surface area contributed by atoms with Crippen molar-refractivity contribution in [1.29, 1.82) is 0 Å². The summed E-state index contributed by atoms with van der Waals surface area (Å²) >= 11 is 6.11. The van der Waals surface area contributed by atoms with Gasteiger partial charge >= 0.3 is 0 Å². The van der Waals surface area contributed by atoms with Crippen molar-refractivity contribution in [3.05, 3.63) is 70.1 Å². The van der Waals surface area contributed by atoms with Gasteiger partial charge in [-0.15, -0.1) is 0 Å². The highest BCUT2D eigenvalue weighted by Gasteiger charge is 2.15. The summed E-state index contributed by atoms with van der Waals surface area (Å²) in [5.74, 6) is 0.700. The van der Waals surface area contributed by atoms with E-state index in [-0.39, 0.29) is 12.5 Å². The zero-order chi connectivity index (χ0) is 21.7. The Morgan fingerprint density at radius 3 is 2.57 bits per heavy atom. The molecule has 0 unspecified atom stereocenters. The number of carbonyl (C=O) groups excluding carboxylic acids is 1. The van der Waals surface area contributed by atoms with E-state index in [4.69, 9.17) is 21.1 Å². The Bertz CT molecular complexity index is 1030. The topological polar surface area (TPSA) is 65.4 Å². The molecule has 0 bridgehead atoms. The van der Waals surface area contributed by atoms with Crippen molar-refractivity contribution in [2.75, 3.05) is 18.5 Å². The number of aromatic nitrogens is 2. The average molecular weight is 432 g/mol. The number of rotatable bonds is 8. The molecule has 0 saturated carbocycles. The Morgan fingerprint density at radius 1 is 1.13 bits per heavy atom. The molecule has 0 aliphatic carbocycles. The fourth-order valence-electron chi connectivity index (χ4n) is 2.95. The Hall–Kier alpha value is -3.06. The molecule has 3 rings (SSSR count). The van der Waals surface area contributed by atoms with E-state index < -0.39 is 5.82 Å². The Morgan fingerprint density at radius 2 is 1.87 bits per heavy atom. The summed E-state index contributed by atoms with van der Waals surface area (Å²) in [6, 6.07) is 11.2. The van der Waals surface area contributed by atoms with E-state index in [0.29, 0.717) is 46.7 Å². The second-order valence-electron chi connectivity index (χ2n) is 6.51. The fourth-order valence-corrected chi connectivity index (χ4v) is 3.17. The first kappa shape index (κ1) is 21.6. The van der Waals surface area contributed by atoms with Crippen molar-refractivity contribution < 1.29 is 18.7 Å².